The second-order valence-electron chi connectivity index (χ2n) is 5.48. The topological polar surface area (TPSA) is 12.0 Å². The van der Waals surface area contributed by atoms with Crippen LogP contribution in [0.3, 0.4) is 0 Å². The van der Waals surface area contributed by atoms with Gasteiger partial charge in [-0.3, -0.25) is 0 Å². The summed E-state index contributed by atoms with van der Waals surface area (Å²) in [4.78, 5) is 1.50. The van der Waals surface area contributed by atoms with Gasteiger partial charge in [-0.15, -0.1) is 11.8 Å². The second-order valence-corrected chi connectivity index (χ2v) is 6.76. The van der Waals surface area contributed by atoms with Gasteiger partial charge in [0, 0.05) is 16.2 Å². The van der Waals surface area contributed by atoms with E-state index in [4.69, 9.17) is 0 Å². The molecule has 0 fully saturated rings. The average molecular weight is 277 g/mol. The molecular formula is C17H27NS. The van der Waals surface area contributed by atoms with Crippen molar-refractivity contribution in [3.05, 3.63) is 29.8 Å². The SMILES string of the molecule is CCCCCCC(NCC)C1Cc2ccccc2S1. The van der Waals surface area contributed by atoms with Gasteiger partial charge in [-0.05, 0) is 31.0 Å². The third kappa shape index (κ3) is 4.25. The van der Waals surface area contributed by atoms with Gasteiger partial charge < -0.3 is 5.32 Å². The predicted molar refractivity (Wildman–Crippen MR) is 86.0 cm³/mol. The molecule has 1 N–H and O–H groups in total. The van der Waals surface area contributed by atoms with E-state index in [2.05, 4.69) is 55.2 Å². The predicted octanol–water partition coefficient (Wildman–Crippen LogP) is 4.65. The molecule has 1 aromatic rings. The van der Waals surface area contributed by atoms with Crippen LogP contribution in [-0.2, 0) is 6.42 Å². The van der Waals surface area contributed by atoms with E-state index in [1.54, 1.807) is 5.56 Å². The molecule has 106 valence electrons. The third-order valence-electron chi connectivity index (χ3n) is 3.96. The molecule has 19 heavy (non-hydrogen) atoms. The van der Waals surface area contributed by atoms with Gasteiger partial charge in [-0.2, -0.15) is 0 Å². The monoisotopic (exact) mass is 277 g/mol. The van der Waals surface area contributed by atoms with Gasteiger partial charge >= 0.3 is 0 Å². The highest BCUT2D eigenvalue weighted by atomic mass is 32.2. The van der Waals surface area contributed by atoms with Gasteiger partial charge in [0.15, 0.2) is 0 Å². The highest BCUT2D eigenvalue weighted by Crippen LogP contribution is 2.39. The number of unbranched alkanes of at least 4 members (excludes halogenated alkanes) is 3. The number of rotatable bonds is 8. The Morgan fingerprint density at radius 2 is 2.05 bits per heavy atom. The molecule has 0 bridgehead atoms. The van der Waals surface area contributed by atoms with Gasteiger partial charge in [0.2, 0.25) is 0 Å². The molecule has 1 nitrogen and oxygen atoms in total. The van der Waals surface area contributed by atoms with Gasteiger partial charge in [-0.1, -0.05) is 57.7 Å². The zero-order chi connectivity index (χ0) is 13.5. The van der Waals surface area contributed by atoms with Crippen molar-refractivity contribution in [3.8, 4) is 0 Å². The molecule has 1 heterocycles. The molecule has 2 rings (SSSR count). The number of thioether (sulfide) groups is 1. The first kappa shape index (κ1) is 14.9. The van der Waals surface area contributed by atoms with Crippen LogP contribution in [0, 0.1) is 0 Å². The normalized spacial score (nSPS) is 19.4. The molecule has 2 unspecified atom stereocenters. The summed E-state index contributed by atoms with van der Waals surface area (Å²) in [6.07, 6.45) is 8.06. The number of hydrogen-bond acceptors (Lipinski definition) is 2. The summed E-state index contributed by atoms with van der Waals surface area (Å²) in [5.41, 5.74) is 1.55. The molecule has 1 aromatic carbocycles. The zero-order valence-corrected chi connectivity index (χ0v) is 13.1. The zero-order valence-electron chi connectivity index (χ0n) is 12.3. The van der Waals surface area contributed by atoms with Crippen LogP contribution in [0.15, 0.2) is 29.2 Å². The lowest BCUT2D eigenvalue weighted by atomic mass is 10.00. The van der Waals surface area contributed by atoms with Crippen molar-refractivity contribution in [2.24, 2.45) is 0 Å². The van der Waals surface area contributed by atoms with Crippen LogP contribution in [-0.4, -0.2) is 17.8 Å². The van der Waals surface area contributed by atoms with Gasteiger partial charge in [-0.25, -0.2) is 0 Å². The number of fused-ring (bicyclic) bond motifs is 1. The van der Waals surface area contributed by atoms with E-state index in [0.717, 1.165) is 11.8 Å². The van der Waals surface area contributed by atoms with Crippen LogP contribution in [0.2, 0.25) is 0 Å². The number of hydrogen-bond donors (Lipinski definition) is 1. The van der Waals surface area contributed by atoms with Gasteiger partial charge in [0.25, 0.3) is 0 Å². The van der Waals surface area contributed by atoms with Crippen molar-refractivity contribution in [1.29, 1.82) is 0 Å². The Labute approximate surface area is 122 Å². The van der Waals surface area contributed by atoms with Crippen molar-refractivity contribution < 1.29 is 0 Å². The van der Waals surface area contributed by atoms with E-state index in [1.807, 2.05) is 0 Å². The highest BCUT2D eigenvalue weighted by Gasteiger charge is 2.28. The van der Waals surface area contributed by atoms with Gasteiger partial charge in [0.05, 0.1) is 0 Å². The molecule has 2 heteroatoms. The summed E-state index contributed by atoms with van der Waals surface area (Å²) in [7, 11) is 0. The first-order chi connectivity index (χ1) is 9.35. The van der Waals surface area contributed by atoms with Crippen LogP contribution in [0.25, 0.3) is 0 Å². The molecule has 0 aliphatic carbocycles. The fourth-order valence-corrected chi connectivity index (χ4v) is 4.35. The highest BCUT2D eigenvalue weighted by molar-refractivity contribution is 8.00. The lowest BCUT2D eigenvalue weighted by Gasteiger charge is -2.23. The number of benzene rings is 1. The first-order valence-electron chi connectivity index (χ1n) is 7.83. The van der Waals surface area contributed by atoms with E-state index in [-0.39, 0.29) is 0 Å². The Balaban J connectivity index is 1.87. The van der Waals surface area contributed by atoms with Crippen LogP contribution < -0.4 is 5.32 Å². The molecule has 0 saturated heterocycles. The average Bonchev–Trinajstić information content (AvgIpc) is 2.86. The smallest absolute Gasteiger partial charge is 0.0289 e. The van der Waals surface area contributed by atoms with Crippen LogP contribution in [0.5, 0.6) is 0 Å². The van der Waals surface area contributed by atoms with E-state index >= 15 is 0 Å². The summed E-state index contributed by atoms with van der Waals surface area (Å²) in [6, 6.07) is 9.59. The molecule has 0 aromatic heterocycles. The molecule has 1 aliphatic heterocycles. The minimum atomic E-state index is 0.680. The van der Waals surface area contributed by atoms with E-state index < -0.39 is 0 Å². The Bertz CT molecular complexity index is 352. The summed E-state index contributed by atoms with van der Waals surface area (Å²) >= 11 is 2.09. The fraction of sp³-hybridized carbons (Fsp3) is 0.647. The van der Waals surface area contributed by atoms with Crippen LogP contribution in [0.4, 0.5) is 0 Å². The fourth-order valence-electron chi connectivity index (χ4n) is 2.91. The maximum absolute atomic E-state index is 3.72. The first-order valence-corrected chi connectivity index (χ1v) is 8.71. The summed E-state index contributed by atoms with van der Waals surface area (Å²) in [5.74, 6) is 0. The maximum atomic E-state index is 3.72. The van der Waals surface area contributed by atoms with Crippen LogP contribution in [0.1, 0.15) is 51.5 Å². The minimum absolute atomic E-state index is 0.680. The summed E-state index contributed by atoms with van der Waals surface area (Å²) in [6.45, 7) is 5.60. The van der Waals surface area contributed by atoms with Crippen LogP contribution >= 0.6 is 11.8 Å². The quantitative estimate of drug-likeness (QED) is 0.694. The lowest BCUT2D eigenvalue weighted by Crippen LogP contribution is -2.38. The Morgan fingerprint density at radius 1 is 1.21 bits per heavy atom. The van der Waals surface area contributed by atoms with Crippen molar-refractivity contribution in [2.45, 2.75) is 68.6 Å². The lowest BCUT2D eigenvalue weighted by molar-refractivity contribution is 0.453. The number of nitrogens with one attached hydrogen (secondary N) is 1. The maximum Gasteiger partial charge on any atom is 0.0289 e. The Hall–Kier alpha value is -0.470. The molecule has 0 saturated carbocycles. The van der Waals surface area contributed by atoms with Crippen molar-refractivity contribution in [1.82, 2.24) is 5.32 Å². The molecule has 1 aliphatic rings. The molecule has 2 atom stereocenters. The van der Waals surface area contributed by atoms with Crippen molar-refractivity contribution in [2.75, 3.05) is 6.54 Å². The summed E-state index contributed by atoms with van der Waals surface area (Å²) in [5, 5.41) is 4.45. The summed E-state index contributed by atoms with van der Waals surface area (Å²) < 4.78 is 0. The third-order valence-corrected chi connectivity index (χ3v) is 5.41. The Kier molecular flexibility index (Phi) is 6.25. The molecular weight excluding hydrogens is 250 g/mol. The van der Waals surface area contributed by atoms with Crippen molar-refractivity contribution in [3.63, 3.8) is 0 Å². The molecule has 0 radical (unpaired) electrons. The van der Waals surface area contributed by atoms with E-state index in [9.17, 15) is 0 Å². The standard InChI is InChI=1S/C17H27NS/c1-3-5-6-7-11-15(18-4-2)17-13-14-10-8-9-12-16(14)19-17/h8-10,12,15,17-18H,3-7,11,13H2,1-2H3. The van der Waals surface area contributed by atoms with E-state index in [0.29, 0.717) is 6.04 Å². The minimum Gasteiger partial charge on any atom is -0.313 e. The second kappa shape index (κ2) is 7.96. The Morgan fingerprint density at radius 3 is 2.79 bits per heavy atom. The van der Waals surface area contributed by atoms with Gasteiger partial charge in [0.1, 0.15) is 0 Å². The molecule has 0 amide bonds. The van der Waals surface area contributed by atoms with Crippen molar-refractivity contribution >= 4 is 11.8 Å². The largest absolute Gasteiger partial charge is 0.313 e. The van der Waals surface area contributed by atoms with E-state index in [1.165, 1.54) is 43.4 Å². The molecule has 0 spiro atoms.